The van der Waals surface area contributed by atoms with Crippen molar-refractivity contribution in [2.24, 2.45) is 5.73 Å². The van der Waals surface area contributed by atoms with Crippen LogP contribution in [0.25, 0.3) is 0 Å². The van der Waals surface area contributed by atoms with Crippen LogP contribution in [0.15, 0.2) is 22.8 Å². The molecule has 0 amide bonds. The Kier molecular flexibility index (Phi) is 3.64. The van der Waals surface area contributed by atoms with Crippen LogP contribution in [-0.4, -0.2) is 18.7 Å². The second-order valence-corrected chi connectivity index (χ2v) is 2.70. The number of alkyl halides is 1. The molecule has 1 unspecified atom stereocenters. The standard InChI is InChI=1S/C9H12FNO3/c1-2-13-9(12)7(10)8(11)6-4-3-5-14-6/h3-5,7-8H,2,11H2,1H3/t7?,8-/m1/s1. The van der Waals surface area contributed by atoms with E-state index in [-0.39, 0.29) is 12.4 Å². The van der Waals surface area contributed by atoms with E-state index >= 15 is 0 Å². The lowest BCUT2D eigenvalue weighted by Crippen LogP contribution is -2.31. The summed E-state index contributed by atoms with van der Waals surface area (Å²) in [7, 11) is 0. The average molecular weight is 201 g/mol. The second kappa shape index (κ2) is 4.76. The molecule has 0 bridgehead atoms. The Bertz CT molecular complexity index is 286. The maximum atomic E-state index is 13.3. The lowest BCUT2D eigenvalue weighted by molar-refractivity contribution is -0.150. The lowest BCUT2D eigenvalue weighted by atomic mass is 10.1. The van der Waals surface area contributed by atoms with E-state index in [0.29, 0.717) is 0 Å². The number of furan rings is 1. The molecule has 0 aliphatic rings. The molecular weight excluding hydrogens is 189 g/mol. The van der Waals surface area contributed by atoms with E-state index in [1.54, 1.807) is 13.0 Å². The van der Waals surface area contributed by atoms with E-state index < -0.39 is 18.2 Å². The van der Waals surface area contributed by atoms with Gasteiger partial charge < -0.3 is 14.9 Å². The van der Waals surface area contributed by atoms with Crippen LogP contribution in [0.3, 0.4) is 0 Å². The summed E-state index contributed by atoms with van der Waals surface area (Å²) in [5, 5.41) is 0. The first-order chi connectivity index (χ1) is 6.66. The van der Waals surface area contributed by atoms with Gasteiger partial charge in [-0.05, 0) is 19.1 Å². The Morgan fingerprint density at radius 3 is 3.00 bits per heavy atom. The highest BCUT2D eigenvalue weighted by Crippen LogP contribution is 2.18. The van der Waals surface area contributed by atoms with E-state index in [2.05, 4.69) is 4.74 Å². The van der Waals surface area contributed by atoms with Gasteiger partial charge in [-0.2, -0.15) is 0 Å². The lowest BCUT2D eigenvalue weighted by Gasteiger charge is -2.12. The largest absolute Gasteiger partial charge is 0.468 e. The zero-order valence-electron chi connectivity index (χ0n) is 7.77. The molecule has 0 aliphatic heterocycles. The predicted octanol–water partition coefficient (Wildman–Crippen LogP) is 1.18. The van der Waals surface area contributed by atoms with Crippen LogP contribution in [0.1, 0.15) is 18.7 Å². The summed E-state index contributed by atoms with van der Waals surface area (Å²) in [5.74, 6) is -0.734. The summed E-state index contributed by atoms with van der Waals surface area (Å²) < 4.78 is 22.6. The van der Waals surface area contributed by atoms with E-state index in [4.69, 9.17) is 10.2 Å². The number of carbonyl (C=O) groups is 1. The van der Waals surface area contributed by atoms with Crippen molar-refractivity contribution >= 4 is 5.97 Å². The monoisotopic (exact) mass is 201 g/mol. The van der Waals surface area contributed by atoms with Gasteiger partial charge in [-0.25, -0.2) is 9.18 Å². The van der Waals surface area contributed by atoms with Crippen LogP contribution in [0.4, 0.5) is 4.39 Å². The molecule has 0 fully saturated rings. The first-order valence-electron chi connectivity index (χ1n) is 4.26. The van der Waals surface area contributed by atoms with Gasteiger partial charge in [0, 0.05) is 0 Å². The molecule has 1 rings (SSSR count). The first kappa shape index (κ1) is 10.7. The van der Waals surface area contributed by atoms with Crippen molar-refractivity contribution in [3.63, 3.8) is 0 Å². The summed E-state index contributed by atoms with van der Waals surface area (Å²) in [6.45, 7) is 1.73. The van der Waals surface area contributed by atoms with Gasteiger partial charge in [0.2, 0.25) is 6.17 Å². The quantitative estimate of drug-likeness (QED) is 0.743. The van der Waals surface area contributed by atoms with Gasteiger partial charge in [0.25, 0.3) is 0 Å². The normalized spacial score (nSPS) is 14.8. The molecule has 0 spiro atoms. The van der Waals surface area contributed by atoms with Gasteiger partial charge in [-0.3, -0.25) is 0 Å². The van der Waals surface area contributed by atoms with Crippen molar-refractivity contribution in [3.05, 3.63) is 24.2 Å². The highest BCUT2D eigenvalue weighted by Gasteiger charge is 2.29. The van der Waals surface area contributed by atoms with Crippen molar-refractivity contribution in [2.45, 2.75) is 19.1 Å². The van der Waals surface area contributed by atoms with Crippen LogP contribution in [-0.2, 0) is 9.53 Å². The van der Waals surface area contributed by atoms with E-state index in [1.807, 2.05) is 0 Å². The minimum absolute atomic E-state index is 0.129. The number of ether oxygens (including phenoxy) is 1. The maximum absolute atomic E-state index is 13.3. The number of carbonyl (C=O) groups excluding carboxylic acids is 1. The SMILES string of the molecule is CCOC(=O)C(F)[C@H](N)c1ccco1. The Morgan fingerprint density at radius 2 is 2.50 bits per heavy atom. The van der Waals surface area contributed by atoms with Crippen molar-refractivity contribution < 1.29 is 18.3 Å². The number of nitrogens with two attached hydrogens (primary N) is 1. The highest BCUT2D eigenvalue weighted by molar-refractivity contribution is 5.75. The Labute approximate surface area is 80.8 Å². The van der Waals surface area contributed by atoms with Crippen molar-refractivity contribution in [1.82, 2.24) is 0 Å². The molecule has 1 aromatic heterocycles. The van der Waals surface area contributed by atoms with Gasteiger partial charge in [0.1, 0.15) is 11.8 Å². The molecule has 0 aliphatic carbocycles. The van der Waals surface area contributed by atoms with Crippen molar-refractivity contribution in [2.75, 3.05) is 6.61 Å². The Hall–Kier alpha value is -1.36. The van der Waals surface area contributed by atoms with Gasteiger partial charge in [0.05, 0.1) is 12.9 Å². The molecule has 2 atom stereocenters. The van der Waals surface area contributed by atoms with Gasteiger partial charge in [-0.1, -0.05) is 0 Å². The molecule has 14 heavy (non-hydrogen) atoms. The summed E-state index contributed by atoms with van der Waals surface area (Å²) in [6, 6.07) is 1.98. The third-order valence-electron chi connectivity index (χ3n) is 1.70. The molecule has 1 aromatic rings. The zero-order valence-corrected chi connectivity index (χ0v) is 7.77. The number of rotatable bonds is 4. The molecule has 2 N–H and O–H groups in total. The smallest absolute Gasteiger partial charge is 0.342 e. The zero-order chi connectivity index (χ0) is 10.6. The number of hydrogen-bond acceptors (Lipinski definition) is 4. The third kappa shape index (κ3) is 2.32. The summed E-state index contributed by atoms with van der Waals surface area (Å²) in [6.07, 6.45) is -0.520. The molecule has 0 saturated heterocycles. The van der Waals surface area contributed by atoms with E-state index in [0.717, 1.165) is 0 Å². The minimum Gasteiger partial charge on any atom is -0.468 e. The molecular formula is C9H12FNO3. The molecule has 0 radical (unpaired) electrons. The fraction of sp³-hybridized carbons (Fsp3) is 0.444. The van der Waals surface area contributed by atoms with Gasteiger partial charge in [0.15, 0.2) is 0 Å². The number of esters is 1. The highest BCUT2D eigenvalue weighted by atomic mass is 19.1. The number of halogens is 1. The van der Waals surface area contributed by atoms with E-state index in [9.17, 15) is 9.18 Å². The van der Waals surface area contributed by atoms with Gasteiger partial charge in [-0.15, -0.1) is 0 Å². The second-order valence-electron chi connectivity index (χ2n) is 2.70. The van der Waals surface area contributed by atoms with E-state index in [1.165, 1.54) is 12.3 Å². The minimum atomic E-state index is -1.89. The first-order valence-corrected chi connectivity index (χ1v) is 4.26. The van der Waals surface area contributed by atoms with Crippen LogP contribution >= 0.6 is 0 Å². The Morgan fingerprint density at radius 1 is 1.79 bits per heavy atom. The van der Waals surface area contributed by atoms with Crippen molar-refractivity contribution in [3.8, 4) is 0 Å². The van der Waals surface area contributed by atoms with Crippen LogP contribution in [0.2, 0.25) is 0 Å². The fourth-order valence-corrected chi connectivity index (χ4v) is 0.994. The topological polar surface area (TPSA) is 65.5 Å². The van der Waals surface area contributed by atoms with Crippen LogP contribution in [0.5, 0.6) is 0 Å². The average Bonchev–Trinajstić information content (AvgIpc) is 2.68. The molecule has 4 nitrogen and oxygen atoms in total. The van der Waals surface area contributed by atoms with Crippen LogP contribution < -0.4 is 5.73 Å². The van der Waals surface area contributed by atoms with Crippen LogP contribution in [0, 0.1) is 0 Å². The fourth-order valence-electron chi connectivity index (χ4n) is 0.994. The molecule has 5 heteroatoms. The molecule has 0 saturated carbocycles. The predicted molar refractivity (Wildman–Crippen MR) is 47.2 cm³/mol. The van der Waals surface area contributed by atoms with Gasteiger partial charge >= 0.3 is 5.97 Å². The molecule has 0 aromatic carbocycles. The molecule has 1 heterocycles. The summed E-state index contributed by atoms with van der Waals surface area (Å²) in [5.41, 5.74) is 5.44. The maximum Gasteiger partial charge on any atom is 0.342 e. The summed E-state index contributed by atoms with van der Waals surface area (Å²) in [4.78, 5) is 11.0. The Balaban J connectivity index is 2.61. The van der Waals surface area contributed by atoms with Crippen molar-refractivity contribution in [1.29, 1.82) is 0 Å². The summed E-state index contributed by atoms with van der Waals surface area (Å²) >= 11 is 0. The molecule has 78 valence electrons. The third-order valence-corrected chi connectivity index (χ3v) is 1.70. The number of hydrogen-bond donors (Lipinski definition) is 1.